The molecule has 3 heteroatoms. The van der Waals surface area contributed by atoms with Crippen LogP contribution in [0.5, 0.6) is 11.5 Å². The van der Waals surface area contributed by atoms with Gasteiger partial charge in [0.1, 0.15) is 11.5 Å². The summed E-state index contributed by atoms with van der Waals surface area (Å²) < 4.78 is 10.4. The van der Waals surface area contributed by atoms with Crippen LogP contribution in [0.25, 0.3) is 0 Å². The van der Waals surface area contributed by atoms with E-state index in [0.29, 0.717) is 5.75 Å². The molecule has 0 N–H and O–H groups in total. The molecule has 0 aliphatic carbocycles. The van der Waals surface area contributed by atoms with Crippen molar-refractivity contribution >= 4 is 5.97 Å². The maximum Gasteiger partial charge on any atom is 0.308 e. The first-order valence-corrected chi connectivity index (χ1v) is 6.87. The van der Waals surface area contributed by atoms with Crippen LogP contribution in [0.15, 0.2) is 48.5 Å². The maximum absolute atomic E-state index is 11.0. The van der Waals surface area contributed by atoms with Gasteiger partial charge in [-0.2, -0.15) is 0 Å². The van der Waals surface area contributed by atoms with E-state index < -0.39 is 0 Å². The van der Waals surface area contributed by atoms with Gasteiger partial charge in [0, 0.05) is 12.3 Å². The second-order valence-electron chi connectivity index (χ2n) is 5.47. The Bertz CT molecular complexity index is 627. The van der Waals surface area contributed by atoms with Crippen LogP contribution in [0.1, 0.15) is 31.9 Å². The lowest BCUT2D eigenvalue weighted by atomic mass is 9.78. The molecular weight excluding hydrogens is 264 g/mol. The summed E-state index contributed by atoms with van der Waals surface area (Å²) >= 11 is 0. The minimum absolute atomic E-state index is 0.163. The Hall–Kier alpha value is -2.29. The molecule has 0 unspecified atom stereocenters. The molecule has 0 fully saturated rings. The van der Waals surface area contributed by atoms with Gasteiger partial charge in [0.05, 0.1) is 7.11 Å². The Labute approximate surface area is 125 Å². The number of benzene rings is 2. The number of carbonyl (C=O) groups excluding carboxylic acids is 1. The quantitative estimate of drug-likeness (QED) is 0.630. The van der Waals surface area contributed by atoms with Crippen LogP contribution in [0.4, 0.5) is 0 Å². The van der Waals surface area contributed by atoms with Crippen LogP contribution in [-0.4, -0.2) is 13.1 Å². The Morgan fingerprint density at radius 3 is 2.19 bits per heavy atom. The van der Waals surface area contributed by atoms with Crippen molar-refractivity contribution in [3.8, 4) is 11.5 Å². The molecule has 0 amide bonds. The van der Waals surface area contributed by atoms with Crippen LogP contribution in [0.3, 0.4) is 0 Å². The highest BCUT2D eigenvalue weighted by atomic mass is 16.5. The van der Waals surface area contributed by atoms with Gasteiger partial charge in [-0.3, -0.25) is 4.79 Å². The van der Waals surface area contributed by atoms with Crippen LogP contribution in [0, 0.1) is 0 Å². The number of esters is 1. The molecule has 2 aromatic rings. The molecule has 110 valence electrons. The van der Waals surface area contributed by atoms with E-state index in [0.717, 1.165) is 11.3 Å². The first-order valence-electron chi connectivity index (χ1n) is 6.87. The fraction of sp³-hybridized carbons (Fsp3) is 0.278. The third-order valence-electron chi connectivity index (χ3n) is 3.63. The van der Waals surface area contributed by atoms with Crippen molar-refractivity contribution in [1.82, 2.24) is 0 Å². The fourth-order valence-electron chi connectivity index (χ4n) is 2.28. The molecule has 0 aliphatic heterocycles. The molecule has 0 radical (unpaired) electrons. The standard InChI is InChI=1S/C18H20O3/c1-13(19)21-16-10-8-14(9-11-16)18(2,3)15-6-5-7-17(12-15)20-4/h5-12H,1-4H3. The summed E-state index contributed by atoms with van der Waals surface area (Å²) in [6.07, 6.45) is 0. The van der Waals surface area contributed by atoms with Gasteiger partial charge in [-0.1, -0.05) is 38.1 Å². The zero-order valence-corrected chi connectivity index (χ0v) is 12.8. The van der Waals surface area contributed by atoms with E-state index in [9.17, 15) is 4.79 Å². The number of methoxy groups -OCH3 is 1. The normalized spacial score (nSPS) is 11.0. The van der Waals surface area contributed by atoms with Crippen molar-refractivity contribution in [3.63, 3.8) is 0 Å². The number of hydrogen-bond acceptors (Lipinski definition) is 3. The summed E-state index contributed by atoms with van der Waals surface area (Å²) in [7, 11) is 1.67. The monoisotopic (exact) mass is 284 g/mol. The van der Waals surface area contributed by atoms with Crippen molar-refractivity contribution in [1.29, 1.82) is 0 Å². The van der Waals surface area contributed by atoms with Crippen molar-refractivity contribution < 1.29 is 14.3 Å². The van der Waals surface area contributed by atoms with Crippen LogP contribution >= 0.6 is 0 Å². The lowest BCUT2D eigenvalue weighted by molar-refractivity contribution is -0.131. The van der Waals surface area contributed by atoms with Gasteiger partial charge < -0.3 is 9.47 Å². The first-order chi connectivity index (χ1) is 9.93. The lowest BCUT2D eigenvalue weighted by Gasteiger charge is -2.26. The van der Waals surface area contributed by atoms with Crippen LogP contribution < -0.4 is 9.47 Å². The molecule has 0 aliphatic rings. The third kappa shape index (κ3) is 3.43. The average Bonchev–Trinajstić information content (AvgIpc) is 2.47. The summed E-state index contributed by atoms with van der Waals surface area (Å²) in [5, 5.41) is 0. The topological polar surface area (TPSA) is 35.5 Å². The Kier molecular flexibility index (Phi) is 4.32. The number of carbonyl (C=O) groups is 1. The van der Waals surface area contributed by atoms with Crippen molar-refractivity contribution in [2.24, 2.45) is 0 Å². The summed E-state index contributed by atoms with van der Waals surface area (Å²) in [6, 6.07) is 15.7. The summed E-state index contributed by atoms with van der Waals surface area (Å²) in [5.74, 6) is 1.10. The predicted octanol–water partition coefficient (Wildman–Crippen LogP) is 3.95. The molecule has 0 bridgehead atoms. The molecule has 0 aromatic heterocycles. The van der Waals surface area contributed by atoms with Crippen molar-refractivity contribution in [2.45, 2.75) is 26.2 Å². The van der Waals surface area contributed by atoms with Crippen LogP contribution in [0.2, 0.25) is 0 Å². The summed E-state index contributed by atoms with van der Waals surface area (Å²) in [4.78, 5) is 11.0. The summed E-state index contributed by atoms with van der Waals surface area (Å²) in [6.45, 7) is 5.71. The summed E-state index contributed by atoms with van der Waals surface area (Å²) in [5.41, 5.74) is 2.15. The minimum Gasteiger partial charge on any atom is -0.497 e. The van der Waals surface area contributed by atoms with Gasteiger partial charge in [-0.25, -0.2) is 0 Å². The Morgan fingerprint density at radius 1 is 0.952 bits per heavy atom. The highest BCUT2D eigenvalue weighted by Crippen LogP contribution is 2.33. The first kappa shape index (κ1) is 15.1. The van der Waals surface area contributed by atoms with Gasteiger partial charge in [-0.05, 0) is 35.4 Å². The molecule has 2 aromatic carbocycles. The van der Waals surface area contributed by atoms with Gasteiger partial charge in [0.25, 0.3) is 0 Å². The zero-order valence-electron chi connectivity index (χ0n) is 12.8. The van der Waals surface area contributed by atoms with Gasteiger partial charge in [-0.15, -0.1) is 0 Å². The smallest absolute Gasteiger partial charge is 0.308 e. The molecular formula is C18H20O3. The highest BCUT2D eigenvalue weighted by molar-refractivity contribution is 5.69. The average molecular weight is 284 g/mol. The Balaban J connectivity index is 2.31. The SMILES string of the molecule is COc1cccc(C(C)(C)c2ccc(OC(C)=O)cc2)c1. The van der Waals surface area contributed by atoms with E-state index in [1.165, 1.54) is 12.5 Å². The fourth-order valence-corrected chi connectivity index (χ4v) is 2.28. The predicted molar refractivity (Wildman–Crippen MR) is 82.9 cm³/mol. The largest absolute Gasteiger partial charge is 0.497 e. The van der Waals surface area contributed by atoms with E-state index in [4.69, 9.17) is 9.47 Å². The Morgan fingerprint density at radius 2 is 1.62 bits per heavy atom. The molecule has 21 heavy (non-hydrogen) atoms. The second kappa shape index (κ2) is 6.00. The molecule has 0 saturated heterocycles. The molecule has 0 atom stereocenters. The molecule has 0 heterocycles. The maximum atomic E-state index is 11.0. The zero-order chi connectivity index (χ0) is 15.5. The van der Waals surface area contributed by atoms with Crippen molar-refractivity contribution in [3.05, 3.63) is 59.7 Å². The number of rotatable bonds is 4. The molecule has 0 saturated carbocycles. The molecule has 2 rings (SSSR count). The van der Waals surface area contributed by atoms with E-state index in [1.54, 1.807) is 7.11 Å². The van der Waals surface area contributed by atoms with E-state index >= 15 is 0 Å². The van der Waals surface area contributed by atoms with Gasteiger partial charge in [0.15, 0.2) is 0 Å². The van der Waals surface area contributed by atoms with E-state index in [2.05, 4.69) is 19.9 Å². The number of ether oxygens (including phenoxy) is 2. The van der Waals surface area contributed by atoms with Crippen LogP contribution in [-0.2, 0) is 10.2 Å². The molecule has 3 nitrogen and oxygen atoms in total. The van der Waals surface area contributed by atoms with Gasteiger partial charge in [0.2, 0.25) is 0 Å². The van der Waals surface area contributed by atoms with Gasteiger partial charge >= 0.3 is 5.97 Å². The third-order valence-corrected chi connectivity index (χ3v) is 3.63. The van der Waals surface area contributed by atoms with E-state index in [1.807, 2.05) is 42.5 Å². The van der Waals surface area contributed by atoms with Crippen molar-refractivity contribution in [2.75, 3.05) is 7.11 Å². The second-order valence-corrected chi connectivity index (χ2v) is 5.47. The lowest BCUT2D eigenvalue weighted by Crippen LogP contribution is -2.18. The molecule has 0 spiro atoms. The minimum atomic E-state index is -0.310. The number of hydrogen-bond donors (Lipinski definition) is 0. The highest BCUT2D eigenvalue weighted by Gasteiger charge is 2.23. The van der Waals surface area contributed by atoms with E-state index in [-0.39, 0.29) is 11.4 Å².